The zero-order valence-corrected chi connectivity index (χ0v) is 17.2. The molecule has 1 amide bonds. The molecule has 3 rings (SSSR count). The van der Waals surface area contributed by atoms with Crippen LogP contribution in [0.2, 0.25) is 5.15 Å². The Bertz CT molecular complexity index is 923. The molecule has 0 aliphatic heterocycles. The highest BCUT2D eigenvalue weighted by Gasteiger charge is 2.23. The second-order valence-electron chi connectivity index (χ2n) is 6.40. The molecule has 140 valence electrons. The van der Waals surface area contributed by atoms with Crippen molar-refractivity contribution in [3.63, 3.8) is 0 Å². The van der Waals surface area contributed by atoms with Gasteiger partial charge in [-0.05, 0) is 36.4 Å². The van der Waals surface area contributed by atoms with Gasteiger partial charge in [0.2, 0.25) is 0 Å². The first kappa shape index (κ1) is 19.5. The smallest absolute Gasteiger partial charge is 0.258 e. The largest absolute Gasteiger partial charge is 0.337 e. The lowest BCUT2D eigenvalue weighted by molar-refractivity contribution is 0.0784. The van der Waals surface area contributed by atoms with Gasteiger partial charge in [-0.3, -0.25) is 4.79 Å². The van der Waals surface area contributed by atoms with Gasteiger partial charge in [0.15, 0.2) is 0 Å². The number of hydrogen-bond acceptors (Lipinski definition) is 3. The normalized spacial score (nSPS) is 10.8. The number of thioether (sulfide) groups is 1. The number of aryl methyl sites for hydroxylation is 1. The fourth-order valence-corrected chi connectivity index (χ4v) is 3.65. The summed E-state index contributed by atoms with van der Waals surface area (Å²) in [6.45, 7) is 2.88. The lowest BCUT2D eigenvalue weighted by Gasteiger charge is -2.17. The first-order valence-corrected chi connectivity index (χ1v) is 10.2. The molecule has 0 atom stereocenters. The maximum atomic E-state index is 13.0. The van der Waals surface area contributed by atoms with E-state index in [4.69, 9.17) is 11.6 Å². The molecule has 0 radical (unpaired) electrons. The zero-order valence-electron chi connectivity index (χ0n) is 15.6. The quantitative estimate of drug-likeness (QED) is 0.554. The molecule has 0 bridgehead atoms. The van der Waals surface area contributed by atoms with Gasteiger partial charge in [0, 0.05) is 18.5 Å². The van der Waals surface area contributed by atoms with Crippen LogP contribution < -0.4 is 0 Å². The van der Waals surface area contributed by atoms with E-state index in [1.54, 1.807) is 28.4 Å². The molecule has 0 fully saturated rings. The van der Waals surface area contributed by atoms with Gasteiger partial charge in [-0.25, -0.2) is 4.68 Å². The lowest BCUT2D eigenvalue weighted by atomic mass is 10.2. The van der Waals surface area contributed by atoms with E-state index in [-0.39, 0.29) is 5.91 Å². The van der Waals surface area contributed by atoms with Crippen LogP contribution in [-0.2, 0) is 13.1 Å². The predicted molar refractivity (Wildman–Crippen MR) is 112 cm³/mol. The highest BCUT2D eigenvalue weighted by atomic mass is 35.5. The summed E-state index contributed by atoms with van der Waals surface area (Å²) >= 11 is 8.21. The van der Waals surface area contributed by atoms with Gasteiger partial charge in [0.25, 0.3) is 5.91 Å². The third-order valence-corrected chi connectivity index (χ3v) is 5.51. The maximum absolute atomic E-state index is 13.0. The fraction of sp³-hybridized carbons (Fsp3) is 0.238. The Morgan fingerprint density at radius 2 is 1.78 bits per heavy atom. The molecule has 0 saturated heterocycles. The van der Waals surface area contributed by atoms with E-state index in [1.807, 2.05) is 55.6 Å². The number of rotatable bonds is 6. The maximum Gasteiger partial charge on any atom is 0.258 e. The van der Waals surface area contributed by atoms with Crippen LogP contribution in [0.15, 0.2) is 59.5 Å². The van der Waals surface area contributed by atoms with Gasteiger partial charge in [0.05, 0.1) is 17.8 Å². The number of halogens is 1. The number of nitrogens with zero attached hydrogens (tertiary/aromatic N) is 3. The molecule has 4 nitrogen and oxygen atoms in total. The van der Waals surface area contributed by atoms with E-state index in [9.17, 15) is 4.79 Å². The van der Waals surface area contributed by atoms with E-state index < -0.39 is 0 Å². The predicted octanol–water partition coefficient (Wildman–Crippen LogP) is 4.89. The molecule has 6 heteroatoms. The van der Waals surface area contributed by atoms with Crippen LogP contribution in [0.4, 0.5) is 0 Å². The van der Waals surface area contributed by atoms with E-state index in [0.29, 0.717) is 29.5 Å². The van der Waals surface area contributed by atoms with Crippen molar-refractivity contribution in [2.75, 3.05) is 13.3 Å². The number of carbonyl (C=O) groups excluding carboxylic acids is 1. The standard InChI is InChI=1S/C21H22ClN3OS/c1-15-19(20(22)25(23-15)14-16-7-5-4-6-8-16)21(26)24(2)13-17-9-11-18(27-3)12-10-17/h4-12H,13-14H2,1-3H3. The molecular weight excluding hydrogens is 378 g/mol. The Morgan fingerprint density at radius 1 is 1.11 bits per heavy atom. The highest BCUT2D eigenvalue weighted by molar-refractivity contribution is 7.98. The minimum Gasteiger partial charge on any atom is -0.337 e. The molecular formula is C21H22ClN3OS. The van der Waals surface area contributed by atoms with Gasteiger partial charge in [-0.15, -0.1) is 11.8 Å². The SMILES string of the molecule is CSc1ccc(CN(C)C(=O)c2c(C)nn(Cc3ccccc3)c2Cl)cc1. The molecule has 0 N–H and O–H groups in total. The number of aromatic nitrogens is 2. The van der Waals surface area contributed by atoms with Crippen molar-refractivity contribution in [1.29, 1.82) is 0 Å². The number of benzene rings is 2. The van der Waals surface area contributed by atoms with Crippen LogP contribution in [-0.4, -0.2) is 33.9 Å². The van der Waals surface area contributed by atoms with Gasteiger partial charge >= 0.3 is 0 Å². The Morgan fingerprint density at radius 3 is 2.41 bits per heavy atom. The second-order valence-corrected chi connectivity index (χ2v) is 7.64. The summed E-state index contributed by atoms with van der Waals surface area (Å²) in [7, 11) is 1.79. The van der Waals surface area contributed by atoms with Crippen molar-refractivity contribution in [3.8, 4) is 0 Å². The van der Waals surface area contributed by atoms with Crippen molar-refractivity contribution in [3.05, 3.63) is 82.1 Å². The van der Waals surface area contributed by atoms with Crippen LogP contribution >= 0.6 is 23.4 Å². The highest BCUT2D eigenvalue weighted by Crippen LogP contribution is 2.23. The molecule has 1 aromatic heterocycles. The summed E-state index contributed by atoms with van der Waals surface area (Å²) in [4.78, 5) is 15.8. The van der Waals surface area contributed by atoms with Crippen LogP contribution in [0.5, 0.6) is 0 Å². The van der Waals surface area contributed by atoms with Gasteiger partial charge in [-0.2, -0.15) is 5.10 Å². The van der Waals surface area contributed by atoms with Crippen molar-refractivity contribution >= 4 is 29.3 Å². The monoisotopic (exact) mass is 399 g/mol. The Labute approximate surface area is 169 Å². The zero-order chi connectivity index (χ0) is 19.4. The van der Waals surface area contributed by atoms with Gasteiger partial charge < -0.3 is 4.90 Å². The first-order valence-electron chi connectivity index (χ1n) is 8.65. The number of amides is 1. The first-order chi connectivity index (χ1) is 13.0. The molecule has 0 aliphatic rings. The molecule has 0 spiro atoms. The molecule has 27 heavy (non-hydrogen) atoms. The van der Waals surface area contributed by atoms with Crippen molar-refractivity contribution < 1.29 is 4.79 Å². The summed E-state index contributed by atoms with van der Waals surface area (Å²) in [5.74, 6) is -0.120. The summed E-state index contributed by atoms with van der Waals surface area (Å²) < 4.78 is 1.68. The number of carbonyl (C=O) groups is 1. The average Bonchev–Trinajstić information content (AvgIpc) is 2.95. The van der Waals surface area contributed by atoms with Crippen molar-refractivity contribution in [2.45, 2.75) is 24.9 Å². The van der Waals surface area contributed by atoms with Crippen LogP contribution in [0.3, 0.4) is 0 Å². The van der Waals surface area contributed by atoms with Crippen LogP contribution in [0.1, 0.15) is 27.2 Å². The summed E-state index contributed by atoms with van der Waals surface area (Å²) in [5, 5.41) is 4.85. The Kier molecular flexibility index (Phi) is 6.24. The summed E-state index contributed by atoms with van der Waals surface area (Å²) in [6.07, 6.45) is 2.04. The molecule has 0 aliphatic carbocycles. The van der Waals surface area contributed by atoms with E-state index in [1.165, 1.54) is 4.90 Å². The molecule has 3 aromatic rings. The summed E-state index contributed by atoms with van der Waals surface area (Å²) in [6, 6.07) is 18.2. The lowest BCUT2D eigenvalue weighted by Crippen LogP contribution is -2.26. The Hall–Kier alpha value is -2.24. The van der Waals surface area contributed by atoms with Crippen molar-refractivity contribution in [1.82, 2.24) is 14.7 Å². The third kappa shape index (κ3) is 4.54. The van der Waals surface area contributed by atoms with Crippen LogP contribution in [0.25, 0.3) is 0 Å². The Balaban J connectivity index is 1.77. The second kappa shape index (κ2) is 8.63. The number of hydrogen-bond donors (Lipinski definition) is 0. The minimum absolute atomic E-state index is 0.120. The minimum atomic E-state index is -0.120. The van der Waals surface area contributed by atoms with Gasteiger partial charge in [0.1, 0.15) is 5.15 Å². The molecule has 0 unspecified atom stereocenters. The topological polar surface area (TPSA) is 38.1 Å². The molecule has 0 saturated carbocycles. The van der Waals surface area contributed by atoms with Crippen LogP contribution in [0, 0.1) is 6.92 Å². The molecule has 2 aromatic carbocycles. The average molecular weight is 400 g/mol. The van der Waals surface area contributed by atoms with E-state index >= 15 is 0 Å². The van der Waals surface area contributed by atoms with E-state index in [2.05, 4.69) is 17.2 Å². The van der Waals surface area contributed by atoms with Gasteiger partial charge in [-0.1, -0.05) is 54.1 Å². The summed E-state index contributed by atoms with van der Waals surface area (Å²) in [5.41, 5.74) is 3.28. The fourth-order valence-electron chi connectivity index (χ4n) is 2.92. The molecule has 1 heterocycles. The third-order valence-electron chi connectivity index (χ3n) is 4.38. The van der Waals surface area contributed by atoms with E-state index in [0.717, 1.165) is 11.1 Å². The van der Waals surface area contributed by atoms with Crippen molar-refractivity contribution in [2.24, 2.45) is 0 Å².